The Morgan fingerprint density at radius 3 is 2.52 bits per heavy atom. The number of nitrogens with one attached hydrogen (secondary N) is 1. The molecule has 2 atom stereocenters. The van der Waals surface area contributed by atoms with Crippen molar-refractivity contribution in [3.05, 3.63) is 33.8 Å². The summed E-state index contributed by atoms with van der Waals surface area (Å²) in [7, 11) is 0. The van der Waals surface area contributed by atoms with Crippen molar-refractivity contribution in [1.29, 1.82) is 0 Å². The molecule has 1 aromatic rings. The summed E-state index contributed by atoms with van der Waals surface area (Å²) < 4.78 is 0.547. The molecule has 1 aliphatic rings. The molecule has 0 spiro atoms. The van der Waals surface area contributed by atoms with Crippen LogP contribution in [0.15, 0.2) is 22.7 Å². The standard InChI is InChI=1S/C15H18BrNO4/c16-12-6-10(5-11(7-12)15(20)21)14(19)17-8-9-3-1-2-4-13(9)18/h5-7,9,13,18H,1-4,8H2,(H,17,19)(H,20,21). The topological polar surface area (TPSA) is 86.6 Å². The monoisotopic (exact) mass is 355 g/mol. The number of carboxylic acids is 1. The fraction of sp³-hybridized carbons (Fsp3) is 0.467. The first kappa shape index (κ1) is 16.0. The van der Waals surface area contributed by atoms with Crippen molar-refractivity contribution < 1.29 is 19.8 Å². The largest absolute Gasteiger partial charge is 0.478 e. The summed E-state index contributed by atoms with van der Waals surface area (Å²) in [6.07, 6.45) is 3.41. The quantitative estimate of drug-likeness (QED) is 0.773. The van der Waals surface area contributed by atoms with Gasteiger partial charge in [0.15, 0.2) is 0 Å². The average molecular weight is 356 g/mol. The van der Waals surface area contributed by atoms with Crippen molar-refractivity contribution in [2.24, 2.45) is 5.92 Å². The molecule has 0 radical (unpaired) electrons. The number of hydrogen-bond acceptors (Lipinski definition) is 3. The number of halogens is 1. The SMILES string of the molecule is O=C(O)c1cc(Br)cc(C(=O)NCC2CCCCC2O)c1. The molecular formula is C15H18BrNO4. The number of carboxylic acid groups (broad SMARTS) is 1. The molecule has 5 nitrogen and oxygen atoms in total. The van der Waals surface area contributed by atoms with Crippen LogP contribution in [0, 0.1) is 5.92 Å². The summed E-state index contributed by atoms with van der Waals surface area (Å²) in [6, 6.07) is 4.38. The lowest BCUT2D eigenvalue weighted by atomic mass is 9.86. The molecule has 2 rings (SSSR count). The highest BCUT2D eigenvalue weighted by molar-refractivity contribution is 9.10. The highest BCUT2D eigenvalue weighted by Gasteiger charge is 2.23. The molecule has 2 unspecified atom stereocenters. The number of carbonyl (C=O) groups excluding carboxylic acids is 1. The van der Waals surface area contributed by atoms with Crippen molar-refractivity contribution in [1.82, 2.24) is 5.32 Å². The summed E-state index contributed by atoms with van der Waals surface area (Å²) in [6.45, 7) is 0.412. The van der Waals surface area contributed by atoms with E-state index in [1.165, 1.54) is 12.1 Å². The van der Waals surface area contributed by atoms with Crippen LogP contribution < -0.4 is 5.32 Å². The number of aliphatic hydroxyl groups is 1. The fourth-order valence-electron chi connectivity index (χ4n) is 2.60. The first-order chi connectivity index (χ1) is 9.97. The normalized spacial score (nSPS) is 21.8. The maximum Gasteiger partial charge on any atom is 0.335 e. The van der Waals surface area contributed by atoms with Crippen LogP contribution in [0.25, 0.3) is 0 Å². The molecule has 3 N–H and O–H groups in total. The van der Waals surface area contributed by atoms with Crippen LogP contribution in [0.2, 0.25) is 0 Å². The summed E-state index contributed by atoms with van der Waals surface area (Å²) in [5.41, 5.74) is 0.360. The Labute approximate surface area is 131 Å². The molecule has 21 heavy (non-hydrogen) atoms. The van der Waals surface area contributed by atoms with E-state index in [9.17, 15) is 14.7 Å². The van der Waals surface area contributed by atoms with E-state index in [1.54, 1.807) is 6.07 Å². The Balaban J connectivity index is 2.01. The molecule has 114 valence electrons. The van der Waals surface area contributed by atoms with E-state index in [2.05, 4.69) is 21.2 Å². The zero-order valence-corrected chi connectivity index (χ0v) is 13.1. The molecular weight excluding hydrogens is 338 g/mol. The van der Waals surface area contributed by atoms with E-state index in [4.69, 9.17) is 5.11 Å². The number of aliphatic hydroxyl groups excluding tert-OH is 1. The van der Waals surface area contributed by atoms with Gasteiger partial charge in [-0.15, -0.1) is 0 Å². The van der Waals surface area contributed by atoms with Crippen LogP contribution in [-0.4, -0.2) is 34.7 Å². The van der Waals surface area contributed by atoms with Gasteiger partial charge in [-0.05, 0) is 31.0 Å². The van der Waals surface area contributed by atoms with Gasteiger partial charge in [0.25, 0.3) is 5.91 Å². The zero-order valence-electron chi connectivity index (χ0n) is 11.5. The smallest absolute Gasteiger partial charge is 0.335 e. The van der Waals surface area contributed by atoms with Gasteiger partial charge in [-0.2, -0.15) is 0 Å². The Kier molecular flexibility index (Phi) is 5.36. The minimum Gasteiger partial charge on any atom is -0.478 e. The highest BCUT2D eigenvalue weighted by Crippen LogP contribution is 2.24. The Bertz CT molecular complexity index is 546. The van der Waals surface area contributed by atoms with Gasteiger partial charge in [-0.1, -0.05) is 28.8 Å². The molecule has 0 aromatic heterocycles. The maximum atomic E-state index is 12.1. The molecule has 0 heterocycles. The predicted molar refractivity (Wildman–Crippen MR) is 81.4 cm³/mol. The van der Waals surface area contributed by atoms with Gasteiger partial charge in [0.1, 0.15) is 0 Å². The molecule has 1 aliphatic carbocycles. The lowest BCUT2D eigenvalue weighted by Gasteiger charge is -2.27. The molecule has 6 heteroatoms. The van der Waals surface area contributed by atoms with Gasteiger partial charge in [0.2, 0.25) is 0 Å². The first-order valence-corrected chi connectivity index (χ1v) is 7.77. The van der Waals surface area contributed by atoms with Crippen molar-refractivity contribution in [2.45, 2.75) is 31.8 Å². The Morgan fingerprint density at radius 2 is 1.86 bits per heavy atom. The van der Waals surface area contributed by atoms with Crippen LogP contribution in [0.4, 0.5) is 0 Å². The Hall–Kier alpha value is -1.40. The number of carbonyl (C=O) groups is 2. The van der Waals surface area contributed by atoms with Gasteiger partial charge in [0, 0.05) is 22.5 Å². The molecule has 1 saturated carbocycles. The summed E-state index contributed by atoms with van der Waals surface area (Å²) in [4.78, 5) is 23.1. The summed E-state index contributed by atoms with van der Waals surface area (Å²) in [5, 5.41) is 21.7. The van der Waals surface area contributed by atoms with Crippen LogP contribution in [0.1, 0.15) is 46.4 Å². The lowest BCUT2D eigenvalue weighted by Crippen LogP contribution is -2.36. The third kappa shape index (κ3) is 4.28. The molecule has 1 amide bonds. The Morgan fingerprint density at radius 1 is 1.19 bits per heavy atom. The van der Waals surface area contributed by atoms with Crippen molar-refractivity contribution in [2.75, 3.05) is 6.54 Å². The number of amides is 1. The van der Waals surface area contributed by atoms with Gasteiger partial charge in [-0.3, -0.25) is 4.79 Å². The van der Waals surface area contributed by atoms with Crippen LogP contribution in [0.5, 0.6) is 0 Å². The van der Waals surface area contributed by atoms with Crippen molar-refractivity contribution >= 4 is 27.8 Å². The third-order valence-electron chi connectivity index (χ3n) is 3.80. The maximum absolute atomic E-state index is 12.1. The van der Waals surface area contributed by atoms with E-state index in [0.717, 1.165) is 25.7 Å². The average Bonchev–Trinajstić information content (AvgIpc) is 2.45. The second-order valence-corrected chi connectivity index (χ2v) is 6.27. The fourth-order valence-corrected chi connectivity index (χ4v) is 3.09. The van der Waals surface area contributed by atoms with E-state index in [-0.39, 0.29) is 23.5 Å². The minimum atomic E-state index is -1.08. The summed E-state index contributed by atoms with van der Waals surface area (Å²) in [5.74, 6) is -1.32. The van der Waals surface area contributed by atoms with Gasteiger partial charge >= 0.3 is 5.97 Å². The number of benzene rings is 1. The zero-order chi connectivity index (χ0) is 15.4. The molecule has 1 aromatic carbocycles. The molecule has 0 aliphatic heterocycles. The second-order valence-electron chi connectivity index (χ2n) is 5.36. The van der Waals surface area contributed by atoms with Crippen molar-refractivity contribution in [3.8, 4) is 0 Å². The second kappa shape index (κ2) is 7.04. The lowest BCUT2D eigenvalue weighted by molar-refractivity contribution is 0.0662. The van der Waals surface area contributed by atoms with Crippen molar-refractivity contribution in [3.63, 3.8) is 0 Å². The van der Waals surface area contributed by atoms with E-state index < -0.39 is 5.97 Å². The number of hydrogen-bond donors (Lipinski definition) is 3. The van der Waals surface area contributed by atoms with Crippen LogP contribution in [0.3, 0.4) is 0 Å². The molecule has 1 fully saturated rings. The minimum absolute atomic E-state index is 0.0622. The van der Waals surface area contributed by atoms with Gasteiger partial charge in [0.05, 0.1) is 11.7 Å². The number of rotatable bonds is 4. The highest BCUT2D eigenvalue weighted by atomic mass is 79.9. The van der Waals surface area contributed by atoms with E-state index in [1.807, 2.05) is 0 Å². The first-order valence-electron chi connectivity index (χ1n) is 6.97. The predicted octanol–water partition coefficient (Wildman–Crippen LogP) is 2.43. The van der Waals surface area contributed by atoms with E-state index in [0.29, 0.717) is 16.6 Å². The van der Waals surface area contributed by atoms with Gasteiger partial charge in [-0.25, -0.2) is 4.79 Å². The summed E-state index contributed by atoms with van der Waals surface area (Å²) >= 11 is 3.20. The van der Waals surface area contributed by atoms with Crippen LogP contribution in [-0.2, 0) is 0 Å². The number of aromatic carboxylic acids is 1. The molecule has 0 bridgehead atoms. The third-order valence-corrected chi connectivity index (χ3v) is 4.26. The van der Waals surface area contributed by atoms with E-state index >= 15 is 0 Å². The molecule has 0 saturated heterocycles. The van der Waals surface area contributed by atoms with Gasteiger partial charge < -0.3 is 15.5 Å². The van der Waals surface area contributed by atoms with Crippen LogP contribution >= 0.6 is 15.9 Å².